The van der Waals surface area contributed by atoms with Crippen LogP contribution < -0.4 is 4.90 Å². The highest BCUT2D eigenvalue weighted by atomic mass is 35.5. The molecule has 4 heteroatoms. The topological polar surface area (TPSA) is 27.0 Å². The zero-order chi connectivity index (χ0) is 12.1. The van der Waals surface area contributed by atoms with E-state index in [4.69, 9.17) is 16.9 Å². The van der Waals surface area contributed by atoms with E-state index in [0.29, 0.717) is 16.6 Å². The molecule has 1 rings (SSSR count). The summed E-state index contributed by atoms with van der Waals surface area (Å²) < 4.78 is 0. The van der Waals surface area contributed by atoms with Crippen LogP contribution in [0.2, 0.25) is 5.02 Å². The van der Waals surface area contributed by atoms with Gasteiger partial charge in [-0.25, -0.2) is 0 Å². The molecule has 0 heterocycles. The Morgan fingerprint density at radius 2 is 2.25 bits per heavy atom. The molecule has 0 saturated heterocycles. The van der Waals surface area contributed by atoms with Crippen molar-refractivity contribution in [3.05, 3.63) is 28.8 Å². The molecule has 0 N–H and O–H groups in total. The fourth-order valence-corrected chi connectivity index (χ4v) is 2.35. The molecule has 1 aromatic rings. The van der Waals surface area contributed by atoms with Gasteiger partial charge in [-0.15, -0.1) is 0 Å². The van der Waals surface area contributed by atoms with Crippen LogP contribution in [0.1, 0.15) is 12.5 Å². The number of hydrogen-bond acceptors (Lipinski definition) is 3. The Morgan fingerprint density at radius 1 is 1.56 bits per heavy atom. The average molecular weight is 255 g/mol. The minimum absolute atomic E-state index is 0.376. The maximum atomic E-state index is 9.04. The van der Waals surface area contributed by atoms with Gasteiger partial charge in [-0.3, -0.25) is 0 Å². The monoisotopic (exact) mass is 254 g/mol. The highest BCUT2D eigenvalue weighted by Gasteiger charge is 2.13. The fraction of sp³-hybridized carbons (Fsp3) is 0.417. The second-order valence-electron chi connectivity index (χ2n) is 3.69. The average Bonchev–Trinajstić information content (AvgIpc) is 2.28. The van der Waals surface area contributed by atoms with Crippen LogP contribution in [0.4, 0.5) is 5.69 Å². The quantitative estimate of drug-likeness (QED) is 0.824. The summed E-state index contributed by atoms with van der Waals surface area (Å²) >= 11 is 7.75. The van der Waals surface area contributed by atoms with Crippen molar-refractivity contribution in [3.8, 4) is 6.07 Å². The molecule has 0 aliphatic heterocycles. The lowest BCUT2D eigenvalue weighted by Gasteiger charge is -2.27. The molecule has 86 valence electrons. The predicted molar refractivity (Wildman–Crippen MR) is 72.4 cm³/mol. The van der Waals surface area contributed by atoms with Crippen LogP contribution in [0.3, 0.4) is 0 Å². The molecular formula is C12H15ClN2S. The first kappa shape index (κ1) is 13.2. The third-order valence-electron chi connectivity index (χ3n) is 2.53. The van der Waals surface area contributed by atoms with Crippen LogP contribution in [0, 0.1) is 11.3 Å². The fourth-order valence-electron chi connectivity index (χ4n) is 1.48. The van der Waals surface area contributed by atoms with E-state index in [2.05, 4.69) is 24.1 Å². The van der Waals surface area contributed by atoms with Crippen LogP contribution in [0.25, 0.3) is 0 Å². The minimum atomic E-state index is 0.376. The Bertz CT molecular complexity index is 400. The SMILES string of the molecule is CSCC(C)N(C)c1cc(Cl)ccc1C#N. The summed E-state index contributed by atoms with van der Waals surface area (Å²) in [6, 6.07) is 7.92. The lowest BCUT2D eigenvalue weighted by molar-refractivity contribution is 0.764. The molecule has 0 spiro atoms. The van der Waals surface area contributed by atoms with Crippen LogP contribution in [-0.4, -0.2) is 25.1 Å². The molecule has 0 bridgehead atoms. The van der Waals surface area contributed by atoms with Gasteiger partial charge in [-0.1, -0.05) is 11.6 Å². The van der Waals surface area contributed by atoms with E-state index in [1.165, 1.54) is 0 Å². The van der Waals surface area contributed by atoms with E-state index in [-0.39, 0.29) is 0 Å². The second kappa shape index (κ2) is 6.03. The summed E-state index contributed by atoms with van der Waals surface area (Å²) in [5.41, 5.74) is 1.57. The third-order valence-corrected chi connectivity index (χ3v) is 3.58. The maximum absolute atomic E-state index is 9.04. The maximum Gasteiger partial charge on any atom is 0.101 e. The number of thioether (sulfide) groups is 1. The van der Waals surface area contributed by atoms with Crippen LogP contribution >= 0.6 is 23.4 Å². The standard InChI is InChI=1S/C12H15ClN2S/c1-9(8-16-3)15(2)12-6-11(13)5-4-10(12)7-14/h4-6,9H,8H2,1-3H3. The summed E-state index contributed by atoms with van der Waals surface area (Å²) in [4.78, 5) is 2.10. The molecule has 0 saturated carbocycles. The molecule has 1 unspecified atom stereocenters. The zero-order valence-corrected chi connectivity index (χ0v) is 11.3. The highest BCUT2D eigenvalue weighted by Crippen LogP contribution is 2.25. The first-order valence-electron chi connectivity index (χ1n) is 5.01. The molecule has 16 heavy (non-hydrogen) atoms. The highest BCUT2D eigenvalue weighted by molar-refractivity contribution is 7.98. The number of nitriles is 1. The molecule has 0 aliphatic rings. The molecule has 0 aromatic heterocycles. The molecule has 1 aromatic carbocycles. The van der Waals surface area contributed by atoms with Crippen molar-refractivity contribution in [2.24, 2.45) is 0 Å². The van der Waals surface area contributed by atoms with Gasteiger partial charge in [0.1, 0.15) is 6.07 Å². The first-order chi connectivity index (χ1) is 7.60. The first-order valence-corrected chi connectivity index (χ1v) is 6.78. The normalized spacial score (nSPS) is 11.9. The Kier molecular flexibility index (Phi) is 4.98. The van der Waals surface area contributed by atoms with E-state index >= 15 is 0 Å². The largest absolute Gasteiger partial charge is 0.370 e. The van der Waals surface area contributed by atoms with Crippen molar-refractivity contribution in [3.63, 3.8) is 0 Å². The zero-order valence-electron chi connectivity index (χ0n) is 9.70. The van der Waals surface area contributed by atoms with Gasteiger partial charge in [0.25, 0.3) is 0 Å². The van der Waals surface area contributed by atoms with Crippen molar-refractivity contribution in [1.82, 2.24) is 0 Å². The summed E-state index contributed by atoms with van der Waals surface area (Å²) in [7, 11) is 1.99. The Labute approximate surface area is 106 Å². The predicted octanol–water partition coefficient (Wildman–Crippen LogP) is 3.40. The molecule has 0 radical (unpaired) electrons. The van der Waals surface area contributed by atoms with Crippen LogP contribution in [0.5, 0.6) is 0 Å². The lowest BCUT2D eigenvalue weighted by Crippen LogP contribution is -2.31. The van der Waals surface area contributed by atoms with E-state index in [1.54, 1.807) is 23.9 Å². The van der Waals surface area contributed by atoms with Gasteiger partial charge < -0.3 is 4.90 Å². The number of benzene rings is 1. The van der Waals surface area contributed by atoms with Gasteiger partial charge in [-0.05, 0) is 31.4 Å². The Balaban J connectivity index is 3.02. The number of rotatable bonds is 4. The van der Waals surface area contributed by atoms with Crippen molar-refractivity contribution < 1.29 is 0 Å². The van der Waals surface area contributed by atoms with Gasteiger partial charge >= 0.3 is 0 Å². The summed E-state index contributed by atoms with van der Waals surface area (Å²) in [5, 5.41) is 9.71. The third kappa shape index (κ3) is 3.07. The molecule has 0 aliphatic carbocycles. The lowest BCUT2D eigenvalue weighted by atomic mass is 10.1. The molecule has 0 amide bonds. The molecule has 0 fully saturated rings. The van der Waals surface area contributed by atoms with Crippen LogP contribution in [-0.2, 0) is 0 Å². The van der Waals surface area contributed by atoms with Gasteiger partial charge in [0.2, 0.25) is 0 Å². The van der Waals surface area contributed by atoms with Gasteiger partial charge in [-0.2, -0.15) is 17.0 Å². The van der Waals surface area contributed by atoms with Crippen molar-refractivity contribution in [1.29, 1.82) is 5.26 Å². The van der Waals surface area contributed by atoms with E-state index < -0.39 is 0 Å². The van der Waals surface area contributed by atoms with Crippen molar-refractivity contribution >= 4 is 29.1 Å². The van der Waals surface area contributed by atoms with Gasteiger partial charge in [0.05, 0.1) is 11.3 Å². The Morgan fingerprint density at radius 3 is 2.81 bits per heavy atom. The number of halogens is 1. The number of hydrogen-bond donors (Lipinski definition) is 0. The molecular weight excluding hydrogens is 240 g/mol. The van der Waals surface area contributed by atoms with Gasteiger partial charge in [0.15, 0.2) is 0 Å². The van der Waals surface area contributed by atoms with E-state index in [0.717, 1.165) is 11.4 Å². The number of nitrogens with zero attached hydrogens (tertiary/aromatic N) is 2. The van der Waals surface area contributed by atoms with Crippen LogP contribution in [0.15, 0.2) is 18.2 Å². The summed E-state index contributed by atoms with van der Waals surface area (Å²) in [6.07, 6.45) is 2.08. The molecule has 2 nitrogen and oxygen atoms in total. The number of anilines is 1. The Hall–Kier alpha value is -0.850. The summed E-state index contributed by atoms with van der Waals surface area (Å²) in [6.45, 7) is 2.14. The van der Waals surface area contributed by atoms with Crippen molar-refractivity contribution in [2.45, 2.75) is 13.0 Å². The second-order valence-corrected chi connectivity index (χ2v) is 5.04. The summed E-state index contributed by atoms with van der Waals surface area (Å²) in [5.74, 6) is 1.02. The van der Waals surface area contributed by atoms with E-state index in [1.807, 2.05) is 13.1 Å². The van der Waals surface area contributed by atoms with Gasteiger partial charge in [0, 0.05) is 23.9 Å². The van der Waals surface area contributed by atoms with Crippen molar-refractivity contribution in [2.75, 3.05) is 24.0 Å². The molecule has 1 atom stereocenters. The minimum Gasteiger partial charge on any atom is -0.370 e. The van der Waals surface area contributed by atoms with E-state index in [9.17, 15) is 0 Å². The smallest absolute Gasteiger partial charge is 0.101 e.